The number of benzene rings is 2. The first-order valence-corrected chi connectivity index (χ1v) is 9.92. The molecule has 0 unspecified atom stereocenters. The number of hydrogen-bond acceptors (Lipinski definition) is 1. The molecule has 1 aromatic heterocycles. The standard InChI is InChI=1S/C22H18Cl2S/c1-13-11-19-20(12-14(13)2)22(16-5-9-18(24)10-6-16)25-21(19)15-3-7-17(23)8-4-15/h3-10H,11-12H2,1-2H3. The van der Waals surface area contributed by atoms with Crippen LogP contribution in [-0.2, 0) is 12.8 Å². The lowest BCUT2D eigenvalue weighted by molar-refractivity contribution is 0.966. The van der Waals surface area contributed by atoms with E-state index < -0.39 is 0 Å². The second-order valence-electron chi connectivity index (χ2n) is 6.65. The highest BCUT2D eigenvalue weighted by Crippen LogP contribution is 2.46. The van der Waals surface area contributed by atoms with Crippen LogP contribution in [0.15, 0.2) is 59.7 Å². The van der Waals surface area contributed by atoms with Gasteiger partial charge in [-0.05, 0) is 73.2 Å². The van der Waals surface area contributed by atoms with Crippen LogP contribution in [0, 0.1) is 0 Å². The molecule has 4 rings (SSSR count). The average Bonchev–Trinajstić information content (AvgIpc) is 2.95. The third kappa shape index (κ3) is 3.17. The molecular formula is C22H18Cl2S. The van der Waals surface area contributed by atoms with Crippen molar-refractivity contribution in [1.82, 2.24) is 0 Å². The summed E-state index contributed by atoms with van der Waals surface area (Å²) in [5, 5.41) is 1.55. The molecule has 2 aromatic carbocycles. The quantitative estimate of drug-likeness (QED) is 0.394. The van der Waals surface area contributed by atoms with Crippen molar-refractivity contribution in [3.05, 3.63) is 80.8 Å². The van der Waals surface area contributed by atoms with Gasteiger partial charge in [-0.25, -0.2) is 0 Å². The molecule has 0 saturated heterocycles. The van der Waals surface area contributed by atoms with Crippen LogP contribution in [0.1, 0.15) is 25.0 Å². The second-order valence-corrected chi connectivity index (χ2v) is 8.54. The van der Waals surface area contributed by atoms with Crippen LogP contribution in [0.4, 0.5) is 0 Å². The first kappa shape index (κ1) is 16.9. The van der Waals surface area contributed by atoms with E-state index in [9.17, 15) is 0 Å². The molecule has 126 valence electrons. The minimum Gasteiger partial charge on any atom is -0.135 e. The van der Waals surface area contributed by atoms with Gasteiger partial charge in [-0.15, -0.1) is 11.3 Å². The lowest BCUT2D eigenvalue weighted by atomic mass is 9.86. The molecule has 0 aliphatic heterocycles. The van der Waals surface area contributed by atoms with E-state index in [1.165, 1.54) is 43.2 Å². The molecule has 0 atom stereocenters. The molecule has 3 aromatic rings. The summed E-state index contributed by atoms with van der Waals surface area (Å²) in [5.41, 5.74) is 8.42. The molecule has 0 spiro atoms. The summed E-state index contributed by atoms with van der Waals surface area (Å²) in [6.45, 7) is 4.51. The lowest BCUT2D eigenvalue weighted by Gasteiger charge is -2.18. The molecule has 0 amide bonds. The monoisotopic (exact) mass is 384 g/mol. The van der Waals surface area contributed by atoms with Crippen molar-refractivity contribution < 1.29 is 0 Å². The van der Waals surface area contributed by atoms with Crippen molar-refractivity contribution in [2.75, 3.05) is 0 Å². The van der Waals surface area contributed by atoms with E-state index in [4.69, 9.17) is 23.2 Å². The maximum atomic E-state index is 6.08. The summed E-state index contributed by atoms with van der Waals surface area (Å²) < 4.78 is 0. The Bertz CT molecular complexity index is 883. The minimum atomic E-state index is 0.777. The lowest BCUT2D eigenvalue weighted by Crippen LogP contribution is -2.05. The zero-order valence-corrected chi connectivity index (χ0v) is 16.5. The Morgan fingerprint density at radius 3 is 1.36 bits per heavy atom. The van der Waals surface area contributed by atoms with E-state index in [1.807, 2.05) is 35.6 Å². The zero-order chi connectivity index (χ0) is 17.6. The van der Waals surface area contributed by atoms with Gasteiger partial charge in [-0.3, -0.25) is 0 Å². The van der Waals surface area contributed by atoms with E-state index in [2.05, 4.69) is 38.1 Å². The number of rotatable bonds is 2. The summed E-state index contributed by atoms with van der Waals surface area (Å²) in [6, 6.07) is 16.4. The van der Waals surface area contributed by atoms with Crippen molar-refractivity contribution in [3.63, 3.8) is 0 Å². The van der Waals surface area contributed by atoms with E-state index in [0.29, 0.717) is 0 Å². The number of halogens is 2. The molecule has 1 heterocycles. The maximum absolute atomic E-state index is 6.08. The van der Waals surface area contributed by atoms with Gasteiger partial charge < -0.3 is 0 Å². The van der Waals surface area contributed by atoms with Crippen LogP contribution in [0.5, 0.6) is 0 Å². The van der Waals surface area contributed by atoms with Gasteiger partial charge >= 0.3 is 0 Å². The summed E-state index contributed by atoms with van der Waals surface area (Å²) in [6.07, 6.45) is 2.06. The summed E-state index contributed by atoms with van der Waals surface area (Å²) >= 11 is 14.1. The van der Waals surface area contributed by atoms with Crippen molar-refractivity contribution in [2.24, 2.45) is 0 Å². The molecule has 0 N–H and O–H groups in total. The molecule has 3 heteroatoms. The van der Waals surface area contributed by atoms with Gasteiger partial charge in [-0.1, -0.05) is 58.6 Å². The van der Waals surface area contributed by atoms with Gasteiger partial charge in [0, 0.05) is 19.8 Å². The van der Waals surface area contributed by atoms with Crippen molar-refractivity contribution in [1.29, 1.82) is 0 Å². The van der Waals surface area contributed by atoms with E-state index in [0.717, 1.165) is 22.9 Å². The molecule has 0 radical (unpaired) electrons. The SMILES string of the molecule is CC1=C(C)Cc2c(-c3ccc(Cl)cc3)sc(-c3ccc(Cl)cc3)c2C1. The zero-order valence-electron chi connectivity index (χ0n) is 14.2. The molecule has 0 saturated carbocycles. The van der Waals surface area contributed by atoms with Crippen LogP contribution in [-0.4, -0.2) is 0 Å². The molecule has 1 aliphatic carbocycles. The van der Waals surface area contributed by atoms with E-state index in [1.54, 1.807) is 0 Å². The second kappa shape index (κ2) is 6.64. The van der Waals surface area contributed by atoms with Crippen LogP contribution in [0.2, 0.25) is 10.0 Å². The van der Waals surface area contributed by atoms with Crippen LogP contribution in [0.3, 0.4) is 0 Å². The molecule has 0 fully saturated rings. The fraction of sp³-hybridized carbons (Fsp3) is 0.182. The molecule has 25 heavy (non-hydrogen) atoms. The molecule has 0 bridgehead atoms. The number of thiophene rings is 1. The van der Waals surface area contributed by atoms with Gasteiger partial charge in [0.25, 0.3) is 0 Å². The Kier molecular flexibility index (Phi) is 4.49. The minimum absolute atomic E-state index is 0.777. The Morgan fingerprint density at radius 1 is 0.640 bits per heavy atom. The highest BCUT2D eigenvalue weighted by atomic mass is 35.5. The van der Waals surface area contributed by atoms with Gasteiger partial charge in [0.1, 0.15) is 0 Å². The Morgan fingerprint density at radius 2 is 1.00 bits per heavy atom. The Labute approximate surface area is 162 Å². The molecule has 1 aliphatic rings. The fourth-order valence-electron chi connectivity index (χ4n) is 3.37. The predicted molar refractivity (Wildman–Crippen MR) is 111 cm³/mol. The largest absolute Gasteiger partial charge is 0.135 e. The van der Waals surface area contributed by atoms with Crippen LogP contribution in [0.25, 0.3) is 20.9 Å². The van der Waals surface area contributed by atoms with Gasteiger partial charge in [-0.2, -0.15) is 0 Å². The smallest absolute Gasteiger partial charge is 0.0406 e. The first-order valence-electron chi connectivity index (χ1n) is 8.34. The Balaban J connectivity index is 1.91. The molecule has 0 nitrogen and oxygen atoms in total. The van der Waals surface area contributed by atoms with Crippen LogP contribution >= 0.6 is 34.5 Å². The van der Waals surface area contributed by atoms with Crippen LogP contribution < -0.4 is 0 Å². The third-order valence-electron chi connectivity index (χ3n) is 4.94. The topological polar surface area (TPSA) is 0 Å². The van der Waals surface area contributed by atoms with Crippen molar-refractivity contribution in [3.8, 4) is 20.9 Å². The number of fused-ring (bicyclic) bond motifs is 1. The van der Waals surface area contributed by atoms with Gasteiger partial charge in [0.2, 0.25) is 0 Å². The predicted octanol–water partition coefficient (Wildman–Crippen LogP) is 7.82. The summed E-state index contributed by atoms with van der Waals surface area (Å²) in [5.74, 6) is 0. The highest BCUT2D eigenvalue weighted by Gasteiger charge is 2.24. The first-order chi connectivity index (χ1) is 12.0. The average molecular weight is 385 g/mol. The van der Waals surface area contributed by atoms with Gasteiger partial charge in [0.15, 0.2) is 0 Å². The highest BCUT2D eigenvalue weighted by molar-refractivity contribution is 7.19. The van der Waals surface area contributed by atoms with Gasteiger partial charge in [0.05, 0.1) is 0 Å². The summed E-state index contributed by atoms with van der Waals surface area (Å²) in [4.78, 5) is 2.73. The maximum Gasteiger partial charge on any atom is 0.0406 e. The van der Waals surface area contributed by atoms with Crippen molar-refractivity contribution in [2.45, 2.75) is 26.7 Å². The van der Waals surface area contributed by atoms with E-state index >= 15 is 0 Å². The number of hydrogen-bond donors (Lipinski definition) is 0. The Hall–Kier alpha value is -1.54. The fourth-order valence-corrected chi connectivity index (χ4v) is 4.98. The third-order valence-corrected chi connectivity index (χ3v) is 6.82. The van der Waals surface area contributed by atoms with Crippen molar-refractivity contribution >= 4 is 34.5 Å². The normalized spacial score (nSPS) is 13.9. The van der Waals surface area contributed by atoms with E-state index in [-0.39, 0.29) is 0 Å². The summed E-state index contributed by atoms with van der Waals surface area (Å²) in [7, 11) is 0. The number of allylic oxidation sites excluding steroid dienone is 2. The molecular weight excluding hydrogens is 367 g/mol.